The van der Waals surface area contributed by atoms with Crippen LogP contribution in [0.15, 0.2) is 53.7 Å². The molecule has 0 aliphatic heterocycles. The fourth-order valence-electron chi connectivity index (χ4n) is 2.55. The van der Waals surface area contributed by atoms with Crippen LogP contribution < -0.4 is 10.6 Å². The Labute approximate surface area is 177 Å². The monoisotopic (exact) mass is 429 g/mol. The number of nitrogens with one attached hydrogen (secondary N) is 2. The highest BCUT2D eigenvalue weighted by Gasteiger charge is 2.14. The number of amides is 2. The molecular formula is C20H20ClN5O2S. The summed E-state index contributed by atoms with van der Waals surface area (Å²) in [6.45, 7) is 2.14. The minimum absolute atomic E-state index is 0.124. The van der Waals surface area contributed by atoms with E-state index in [4.69, 9.17) is 11.6 Å². The molecule has 2 amide bonds. The molecular weight excluding hydrogens is 410 g/mol. The second-order valence-corrected chi connectivity index (χ2v) is 7.62. The minimum Gasteiger partial charge on any atom is -0.345 e. The van der Waals surface area contributed by atoms with E-state index in [1.165, 1.54) is 11.8 Å². The van der Waals surface area contributed by atoms with Crippen LogP contribution in [0.3, 0.4) is 0 Å². The smallest absolute Gasteiger partial charge is 0.253 e. The van der Waals surface area contributed by atoms with Crippen molar-refractivity contribution in [2.45, 2.75) is 18.6 Å². The van der Waals surface area contributed by atoms with E-state index in [0.717, 1.165) is 11.3 Å². The molecule has 150 valence electrons. The highest BCUT2D eigenvalue weighted by atomic mass is 35.5. The highest BCUT2D eigenvalue weighted by molar-refractivity contribution is 7.99. The van der Waals surface area contributed by atoms with Crippen molar-refractivity contribution < 1.29 is 9.59 Å². The zero-order chi connectivity index (χ0) is 20.8. The van der Waals surface area contributed by atoms with Crippen LogP contribution in [0.4, 0.5) is 5.69 Å². The van der Waals surface area contributed by atoms with Gasteiger partial charge in [-0.1, -0.05) is 53.7 Å². The molecule has 29 heavy (non-hydrogen) atoms. The molecule has 0 saturated carbocycles. The van der Waals surface area contributed by atoms with Gasteiger partial charge in [-0.25, -0.2) is 0 Å². The number of rotatable bonds is 7. The van der Waals surface area contributed by atoms with E-state index in [9.17, 15) is 9.59 Å². The lowest BCUT2D eigenvalue weighted by Crippen LogP contribution is -2.24. The summed E-state index contributed by atoms with van der Waals surface area (Å²) in [5.74, 6) is 0.366. The van der Waals surface area contributed by atoms with Crippen LogP contribution >= 0.6 is 23.4 Å². The lowest BCUT2D eigenvalue weighted by molar-refractivity contribution is -0.113. The molecule has 3 aromatic rings. The number of carbonyl (C=O) groups is 2. The Morgan fingerprint density at radius 1 is 1.10 bits per heavy atom. The van der Waals surface area contributed by atoms with Crippen LogP contribution in [0.1, 0.15) is 21.7 Å². The first kappa shape index (κ1) is 20.9. The third-order valence-corrected chi connectivity index (χ3v) is 5.55. The maximum absolute atomic E-state index is 12.3. The van der Waals surface area contributed by atoms with Gasteiger partial charge in [-0.3, -0.25) is 9.59 Å². The molecule has 9 heteroatoms. The molecule has 7 nitrogen and oxygen atoms in total. The van der Waals surface area contributed by atoms with Gasteiger partial charge >= 0.3 is 0 Å². The molecule has 0 aliphatic rings. The molecule has 0 spiro atoms. The third kappa shape index (κ3) is 5.36. The van der Waals surface area contributed by atoms with Crippen molar-refractivity contribution in [3.63, 3.8) is 0 Å². The molecule has 0 unspecified atom stereocenters. The molecule has 2 aromatic carbocycles. The van der Waals surface area contributed by atoms with Crippen molar-refractivity contribution in [1.29, 1.82) is 0 Å². The molecule has 1 aromatic heterocycles. The quantitative estimate of drug-likeness (QED) is 0.561. The van der Waals surface area contributed by atoms with Crippen LogP contribution in [-0.2, 0) is 18.4 Å². The molecule has 0 aliphatic carbocycles. The lowest BCUT2D eigenvalue weighted by Gasteiger charge is -2.08. The number of thioether (sulfide) groups is 1. The van der Waals surface area contributed by atoms with E-state index in [0.29, 0.717) is 21.6 Å². The van der Waals surface area contributed by atoms with Crippen molar-refractivity contribution in [2.24, 2.45) is 7.05 Å². The molecule has 0 bridgehead atoms. The fourth-order valence-corrected chi connectivity index (χ4v) is 3.51. The van der Waals surface area contributed by atoms with E-state index in [1.807, 2.05) is 31.2 Å². The van der Waals surface area contributed by atoms with Gasteiger partial charge in [0.2, 0.25) is 5.91 Å². The maximum atomic E-state index is 12.3. The predicted molar refractivity (Wildman–Crippen MR) is 114 cm³/mol. The van der Waals surface area contributed by atoms with E-state index >= 15 is 0 Å². The predicted octanol–water partition coefficient (Wildman–Crippen LogP) is 3.44. The number of aryl methyl sites for hydroxylation is 1. The number of hydrogen-bond donors (Lipinski definition) is 2. The van der Waals surface area contributed by atoms with Gasteiger partial charge in [0.15, 0.2) is 11.0 Å². The molecule has 0 atom stereocenters. The number of hydrogen-bond acceptors (Lipinski definition) is 5. The summed E-state index contributed by atoms with van der Waals surface area (Å²) < 4.78 is 1.75. The Morgan fingerprint density at radius 2 is 1.83 bits per heavy atom. The molecule has 2 N–H and O–H groups in total. The Kier molecular flexibility index (Phi) is 6.90. The van der Waals surface area contributed by atoms with E-state index in [1.54, 1.807) is 35.9 Å². The molecule has 0 radical (unpaired) electrons. The first-order chi connectivity index (χ1) is 14.0. The first-order valence-electron chi connectivity index (χ1n) is 8.85. The number of benzene rings is 2. The molecule has 0 saturated heterocycles. The summed E-state index contributed by atoms with van der Waals surface area (Å²) in [5, 5.41) is 14.8. The van der Waals surface area contributed by atoms with Crippen molar-refractivity contribution in [1.82, 2.24) is 20.1 Å². The largest absolute Gasteiger partial charge is 0.345 e. The second kappa shape index (κ2) is 9.58. The number of nitrogens with zero attached hydrogens (tertiary/aromatic N) is 3. The van der Waals surface area contributed by atoms with E-state index in [-0.39, 0.29) is 24.1 Å². The Balaban J connectivity index is 1.54. The zero-order valence-electron chi connectivity index (χ0n) is 16.0. The molecule has 0 fully saturated rings. The number of aromatic nitrogens is 3. The standard InChI is InChI=1S/C20H20ClN5O2S/c1-13-7-3-6-10-16(13)23-18(27)12-29-20-25-24-17(26(20)2)11-22-19(28)14-8-4-5-9-15(14)21/h3-10H,11-12H2,1-2H3,(H,22,28)(H,23,27). The number of anilines is 1. The van der Waals surface area contributed by atoms with Gasteiger partial charge in [0.25, 0.3) is 5.91 Å². The van der Waals surface area contributed by atoms with Gasteiger partial charge in [-0.05, 0) is 30.7 Å². The first-order valence-corrected chi connectivity index (χ1v) is 10.2. The Morgan fingerprint density at radius 3 is 2.59 bits per heavy atom. The maximum Gasteiger partial charge on any atom is 0.253 e. The van der Waals surface area contributed by atoms with Gasteiger partial charge in [-0.15, -0.1) is 10.2 Å². The van der Waals surface area contributed by atoms with Crippen LogP contribution in [-0.4, -0.2) is 32.3 Å². The zero-order valence-corrected chi connectivity index (χ0v) is 17.5. The van der Waals surface area contributed by atoms with Gasteiger partial charge in [0, 0.05) is 12.7 Å². The lowest BCUT2D eigenvalue weighted by atomic mass is 10.2. The molecule has 3 rings (SSSR count). The van der Waals surface area contributed by atoms with Crippen LogP contribution in [0.25, 0.3) is 0 Å². The Hall–Kier alpha value is -2.84. The topological polar surface area (TPSA) is 88.9 Å². The number of halogens is 1. The van der Waals surface area contributed by atoms with Gasteiger partial charge in [-0.2, -0.15) is 0 Å². The SMILES string of the molecule is Cc1ccccc1NC(=O)CSc1nnc(CNC(=O)c2ccccc2Cl)n1C. The van der Waals surface area contributed by atoms with Crippen molar-refractivity contribution in [3.05, 3.63) is 70.5 Å². The van der Waals surface area contributed by atoms with Crippen molar-refractivity contribution in [2.75, 3.05) is 11.1 Å². The van der Waals surface area contributed by atoms with Crippen molar-refractivity contribution in [3.8, 4) is 0 Å². The summed E-state index contributed by atoms with van der Waals surface area (Å²) in [6.07, 6.45) is 0. The van der Waals surface area contributed by atoms with Crippen LogP contribution in [0.5, 0.6) is 0 Å². The van der Waals surface area contributed by atoms with Crippen LogP contribution in [0.2, 0.25) is 5.02 Å². The number of para-hydroxylation sites is 1. The van der Waals surface area contributed by atoms with Gasteiger partial charge < -0.3 is 15.2 Å². The van der Waals surface area contributed by atoms with Crippen molar-refractivity contribution >= 4 is 40.9 Å². The Bertz CT molecular complexity index is 1040. The van der Waals surface area contributed by atoms with Gasteiger partial charge in [0.1, 0.15) is 0 Å². The van der Waals surface area contributed by atoms with E-state index < -0.39 is 0 Å². The highest BCUT2D eigenvalue weighted by Crippen LogP contribution is 2.18. The fraction of sp³-hybridized carbons (Fsp3) is 0.200. The summed E-state index contributed by atoms with van der Waals surface area (Å²) in [7, 11) is 1.79. The summed E-state index contributed by atoms with van der Waals surface area (Å²) in [5.41, 5.74) is 2.19. The van der Waals surface area contributed by atoms with Gasteiger partial charge in [0.05, 0.1) is 22.9 Å². The second-order valence-electron chi connectivity index (χ2n) is 6.27. The third-order valence-electron chi connectivity index (χ3n) is 4.20. The normalized spacial score (nSPS) is 10.6. The average molecular weight is 430 g/mol. The van der Waals surface area contributed by atoms with E-state index in [2.05, 4.69) is 20.8 Å². The summed E-state index contributed by atoms with van der Waals surface area (Å²) >= 11 is 7.32. The minimum atomic E-state index is -0.287. The summed E-state index contributed by atoms with van der Waals surface area (Å²) in [6, 6.07) is 14.4. The molecule has 1 heterocycles. The van der Waals surface area contributed by atoms with Crippen LogP contribution in [0, 0.1) is 6.92 Å². The number of carbonyl (C=O) groups excluding carboxylic acids is 2. The summed E-state index contributed by atoms with van der Waals surface area (Å²) in [4.78, 5) is 24.5. The average Bonchev–Trinajstić information content (AvgIpc) is 3.06.